The Morgan fingerprint density at radius 2 is 1.62 bits per heavy atom. The second kappa shape index (κ2) is 4.83. The SMILES string of the molecule is c1ccc(Nc2ncnc3nc4ccccc4cc23)cc1. The first-order valence-corrected chi connectivity index (χ1v) is 6.73. The van der Waals surface area contributed by atoms with Crippen LogP contribution >= 0.6 is 0 Å². The first kappa shape index (κ1) is 11.8. The zero-order chi connectivity index (χ0) is 14.1. The third-order valence-electron chi connectivity index (χ3n) is 3.36. The Morgan fingerprint density at radius 1 is 0.810 bits per heavy atom. The molecule has 0 saturated carbocycles. The Balaban J connectivity index is 1.90. The molecule has 2 aromatic carbocycles. The van der Waals surface area contributed by atoms with Crippen LogP contribution in [-0.4, -0.2) is 15.0 Å². The number of hydrogen-bond acceptors (Lipinski definition) is 4. The van der Waals surface area contributed by atoms with Crippen LogP contribution in [0.5, 0.6) is 0 Å². The van der Waals surface area contributed by atoms with E-state index in [0.29, 0.717) is 5.65 Å². The number of anilines is 2. The molecule has 0 saturated heterocycles. The molecule has 0 bridgehead atoms. The summed E-state index contributed by atoms with van der Waals surface area (Å²) in [4.78, 5) is 13.2. The summed E-state index contributed by atoms with van der Waals surface area (Å²) in [6.45, 7) is 0. The summed E-state index contributed by atoms with van der Waals surface area (Å²) < 4.78 is 0. The quantitative estimate of drug-likeness (QED) is 0.562. The molecule has 0 fully saturated rings. The van der Waals surface area contributed by atoms with E-state index in [1.165, 1.54) is 6.33 Å². The molecule has 2 aromatic heterocycles. The molecule has 100 valence electrons. The van der Waals surface area contributed by atoms with Gasteiger partial charge in [-0.1, -0.05) is 36.4 Å². The van der Waals surface area contributed by atoms with Gasteiger partial charge in [0, 0.05) is 11.1 Å². The van der Waals surface area contributed by atoms with Crippen molar-refractivity contribution in [1.29, 1.82) is 0 Å². The van der Waals surface area contributed by atoms with E-state index in [1.807, 2.05) is 54.6 Å². The van der Waals surface area contributed by atoms with Gasteiger partial charge in [-0.25, -0.2) is 15.0 Å². The molecule has 0 radical (unpaired) electrons. The van der Waals surface area contributed by atoms with Crippen LogP contribution in [-0.2, 0) is 0 Å². The van der Waals surface area contributed by atoms with Crippen molar-refractivity contribution in [2.45, 2.75) is 0 Å². The fourth-order valence-electron chi connectivity index (χ4n) is 2.35. The Kier molecular flexibility index (Phi) is 2.71. The van der Waals surface area contributed by atoms with Crippen LogP contribution in [0, 0.1) is 0 Å². The van der Waals surface area contributed by atoms with Crippen LogP contribution < -0.4 is 5.32 Å². The smallest absolute Gasteiger partial charge is 0.165 e. The first-order chi connectivity index (χ1) is 10.4. The van der Waals surface area contributed by atoms with Gasteiger partial charge in [-0.15, -0.1) is 0 Å². The fourth-order valence-corrected chi connectivity index (χ4v) is 2.35. The van der Waals surface area contributed by atoms with Gasteiger partial charge in [0.05, 0.1) is 10.9 Å². The molecule has 2 heterocycles. The molecule has 4 rings (SSSR count). The molecule has 0 aliphatic heterocycles. The predicted molar refractivity (Wildman–Crippen MR) is 84.6 cm³/mol. The van der Waals surface area contributed by atoms with E-state index in [1.54, 1.807) is 0 Å². The van der Waals surface area contributed by atoms with E-state index in [4.69, 9.17) is 0 Å². The van der Waals surface area contributed by atoms with Gasteiger partial charge in [0.2, 0.25) is 0 Å². The Morgan fingerprint density at radius 3 is 2.52 bits per heavy atom. The number of nitrogens with zero attached hydrogens (tertiary/aromatic N) is 3. The van der Waals surface area contributed by atoms with E-state index in [-0.39, 0.29) is 0 Å². The zero-order valence-electron chi connectivity index (χ0n) is 11.2. The van der Waals surface area contributed by atoms with Gasteiger partial charge in [-0.05, 0) is 24.3 Å². The molecule has 1 N–H and O–H groups in total. The highest BCUT2D eigenvalue weighted by atomic mass is 15.0. The number of nitrogens with one attached hydrogen (secondary N) is 1. The zero-order valence-corrected chi connectivity index (χ0v) is 11.2. The summed E-state index contributed by atoms with van der Waals surface area (Å²) in [6, 6.07) is 20.0. The monoisotopic (exact) mass is 272 g/mol. The summed E-state index contributed by atoms with van der Waals surface area (Å²) in [6.07, 6.45) is 1.54. The molecule has 0 unspecified atom stereocenters. The van der Waals surface area contributed by atoms with Crippen molar-refractivity contribution >= 4 is 33.4 Å². The lowest BCUT2D eigenvalue weighted by Crippen LogP contribution is -1.97. The van der Waals surface area contributed by atoms with E-state index < -0.39 is 0 Å². The van der Waals surface area contributed by atoms with Crippen LogP contribution in [0.15, 0.2) is 67.0 Å². The second-order valence-electron chi connectivity index (χ2n) is 4.77. The summed E-state index contributed by atoms with van der Waals surface area (Å²) in [7, 11) is 0. The normalized spacial score (nSPS) is 10.9. The molecular weight excluding hydrogens is 260 g/mol. The maximum atomic E-state index is 4.59. The molecule has 0 aliphatic rings. The lowest BCUT2D eigenvalue weighted by atomic mass is 10.2. The van der Waals surface area contributed by atoms with Gasteiger partial charge in [-0.3, -0.25) is 0 Å². The van der Waals surface area contributed by atoms with Crippen molar-refractivity contribution in [2.24, 2.45) is 0 Å². The number of pyridine rings is 1. The number of hydrogen-bond donors (Lipinski definition) is 1. The highest BCUT2D eigenvalue weighted by Gasteiger charge is 2.06. The highest BCUT2D eigenvalue weighted by Crippen LogP contribution is 2.25. The summed E-state index contributed by atoms with van der Waals surface area (Å²) >= 11 is 0. The molecule has 0 atom stereocenters. The molecule has 4 nitrogen and oxygen atoms in total. The van der Waals surface area contributed by atoms with E-state index in [9.17, 15) is 0 Å². The van der Waals surface area contributed by atoms with Gasteiger partial charge in [0.1, 0.15) is 12.1 Å². The molecular formula is C17H12N4. The van der Waals surface area contributed by atoms with Gasteiger partial charge in [0.25, 0.3) is 0 Å². The van der Waals surface area contributed by atoms with Crippen molar-refractivity contribution in [1.82, 2.24) is 15.0 Å². The van der Waals surface area contributed by atoms with Crippen molar-refractivity contribution in [3.63, 3.8) is 0 Å². The number of benzene rings is 2. The topological polar surface area (TPSA) is 50.7 Å². The third-order valence-corrected chi connectivity index (χ3v) is 3.36. The van der Waals surface area contributed by atoms with E-state index in [2.05, 4.69) is 26.3 Å². The van der Waals surface area contributed by atoms with Gasteiger partial charge >= 0.3 is 0 Å². The number of rotatable bonds is 2. The predicted octanol–water partition coefficient (Wildman–Crippen LogP) is 3.92. The number of para-hydroxylation sites is 2. The maximum Gasteiger partial charge on any atom is 0.165 e. The van der Waals surface area contributed by atoms with Crippen molar-refractivity contribution < 1.29 is 0 Å². The lowest BCUT2D eigenvalue weighted by Gasteiger charge is -2.08. The Labute approximate surface area is 121 Å². The van der Waals surface area contributed by atoms with E-state index in [0.717, 1.165) is 27.8 Å². The minimum Gasteiger partial charge on any atom is -0.340 e. The highest BCUT2D eigenvalue weighted by molar-refractivity contribution is 5.97. The fraction of sp³-hybridized carbons (Fsp3) is 0. The van der Waals surface area contributed by atoms with E-state index >= 15 is 0 Å². The number of fused-ring (bicyclic) bond motifs is 2. The third kappa shape index (κ3) is 2.17. The minimum absolute atomic E-state index is 0.696. The average molecular weight is 272 g/mol. The van der Waals surface area contributed by atoms with Crippen LogP contribution in [0.4, 0.5) is 11.5 Å². The van der Waals surface area contributed by atoms with Crippen LogP contribution in [0.1, 0.15) is 0 Å². The minimum atomic E-state index is 0.696. The van der Waals surface area contributed by atoms with Gasteiger partial charge < -0.3 is 5.32 Å². The summed E-state index contributed by atoms with van der Waals surface area (Å²) in [5.74, 6) is 0.768. The molecule has 21 heavy (non-hydrogen) atoms. The molecule has 4 aromatic rings. The summed E-state index contributed by atoms with van der Waals surface area (Å²) in [5.41, 5.74) is 2.63. The van der Waals surface area contributed by atoms with Crippen molar-refractivity contribution in [3.05, 3.63) is 67.0 Å². The van der Waals surface area contributed by atoms with Gasteiger partial charge in [-0.2, -0.15) is 0 Å². The summed E-state index contributed by atoms with van der Waals surface area (Å²) in [5, 5.41) is 5.32. The standard InChI is InChI=1S/C17H12N4/c1-2-7-13(8-3-1)20-16-14-10-12-6-4-5-9-15(12)21-17(14)19-11-18-16/h1-11H,(H,18,19,20,21). The van der Waals surface area contributed by atoms with Crippen molar-refractivity contribution in [3.8, 4) is 0 Å². The van der Waals surface area contributed by atoms with Crippen molar-refractivity contribution in [2.75, 3.05) is 5.32 Å². The average Bonchev–Trinajstić information content (AvgIpc) is 2.54. The Hall–Kier alpha value is -3.01. The second-order valence-corrected chi connectivity index (χ2v) is 4.77. The maximum absolute atomic E-state index is 4.59. The van der Waals surface area contributed by atoms with Crippen LogP contribution in [0.3, 0.4) is 0 Å². The van der Waals surface area contributed by atoms with Crippen LogP contribution in [0.25, 0.3) is 21.9 Å². The molecule has 0 aliphatic carbocycles. The van der Waals surface area contributed by atoms with Gasteiger partial charge in [0.15, 0.2) is 5.65 Å². The Bertz CT molecular complexity index is 919. The largest absolute Gasteiger partial charge is 0.340 e. The molecule has 0 amide bonds. The molecule has 0 spiro atoms. The first-order valence-electron chi connectivity index (χ1n) is 6.73. The van der Waals surface area contributed by atoms with Crippen LogP contribution in [0.2, 0.25) is 0 Å². The number of aromatic nitrogens is 3. The lowest BCUT2D eigenvalue weighted by molar-refractivity contribution is 1.19. The molecule has 4 heteroatoms.